The van der Waals surface area contributed by atoms with Gasteiger partial charge in [-0.2, -0.15) is 0 Å². The maximum Gasteiger partial charge on any atom is 0.410 e. The Morgan fingerprint density at radius 3 is 2.42 bits per heavy atom. The van der Waals surface area contributed by atoms with Gasteiger partial charge in [-0.1, -0.05) is 25.8 Å². The molecule has 7 nitrogen and oxygen atoms in total. The second-order valence-corrected chi connectivity index (χ2v) is 11.3. The minimum absolute atomic E-state index is 0.0449. The lowest BCUT2D eigenvalue weighted by Gasteiger charge is -2.49. The highest BCUT2D eigenvalue weighted by Gasteiger charge is 2.39. The van der Waals surface area contributed by atoms with Gasteiger partial charge in [0.25, 0.3) is 0 Å². The molecule has 2 aromatic rings. The molecule has 0 aliphatic carbocycles. The van der Waals surface area contributed by atoms with Crippen LogP contribution >= 0.6 is 0 Å². The predicted octanol–water partition coefficient (Wildman–Crippen LogP) is 6.37. The van der Waals surface area contributed by atoms with E-state index in [4.69, 9.17) is 18.6 Å². The van der Waals surface area contributed by atoms with Gasteiger partial charge in [-0.05, 0) is 74.8 Å². The number of furan rings is 1. The summed E-state index contributed by atoms with van der Waals surface area (Å²) >= 11 is 0. The number of carbonyl (C=O) groups is 1. The standard InChI is InChI=1S/C31H47N2O5/c1-5-6-7-27(16-21-33-18-13-25(14-19-33)15-20-33)38-31(34)32(23-28-10-8-24(2)37-28)17-12-26-9-11-29(35-3)30(22-26)36-4/h8-11,22,25,27H,5-7,12-21,23H2,1-4H3/q+1/t25?,27-,33?/m1/s1. The molecule has 7 heteroatoms. The van der Waals surface area contributed by atoms with Crippen LogP contribution in [0.25, 0.3) is 0 Å². The molecule has 1 amide bonds. The molecule has 2 bridgehead atoms. The number of unbranched alkanes of at least 4 members (excludes halogenated alkanes) is 1. The molecule has 0 unspecified atom stereocenters. The lowest BCUT2D eigenvalue weighted by atomic mass is 9.85. The average Bonchev–Trinajstić information content (AvgIpc) is 3.37. The molecule has 0 N–H and O–H groups in total. The number of aryl methyl sites for hydroxylation is 1. The number of quaternary nitrogens is 1. The summed E-state index contributed by atoms with van der Waals surface area (Å²) in [6.07, 6.45) is 8.52. The summed E-state index contributed by atoms with van der Waals surface area (Å²) < 4.78 is 24.1. The fourth-order valence-corrected chi connectivity index (χ4v) is 6.10. The molecule has 1 atom stereocenters. The van der Waals surface area contributed by atoms with Crippen molar-refractivity contribution in [3.05, 3.63) is 47.4 Å². The van der Waals surface area contributed by atoms with Gasteiger partial charge in [0.05, 0.1) is 46.9 Å². The summed E-state index contributed by atoms with van der Waals surface area (Å²) in [5, 5.41) is 0. The molecule has 3 aliphatic rings. The summed E-state index contributed by atoms with van der Waals surface area (Å²) in [6, 6.07) is 9.77. The van der Waals surface area contributed by atoms with E-state index in [1.165, 1.54) is 43.4 Å². The van der Waals surface area contributed by atoms with E-state index in [-0.39, 0.29) is 12.2 Å². The average molecular weight is 528 g/mol. The predicted molar refractivity (Wildman–Crippen MR) is 149 cm³/mol. The van der Waals surface area contributed by atoms with Gasteiger partial charge in [-0.3, -0.25) is 0 Å². The van der Waals surface area contributed by atoms with E-state index in [0.29, 0.717) is 31.0 Å². The minimum Gasteiger partial charge on any atom is -0.493 e. The van der Waals surface area contributed by atoms with Crippen LogP contribution in [0.4, 0.5) is 4.79 Å². The number of amides is 1. The Bertz CT molecular complexity index is 1010. The van der Waals surface area contributed by atoms with Gasteiger partial charge < -0.3 is 28.0 Å². The molecule has 1 aromatic heterocycles. The molecule has 210 valence electrons. The molecule has 3 aliphatic heterocycles. The molecule has 3 saturated heterocycles. The van der Waals surface area contributed by atoms with E-state index >= 15 is 0 Å². The molecule has 0 saturated carbocycles. The van der Waals surface area contributed by atoms with Crippen molar-refractivity contribution in [1.82, 2.24) is 4.90 Å². The van der Waals surface area contributed by atoms with Crippen molar-refractivity contribution in [1.29, 1.82) is 0 Å². The topological polar surface area (TPSA) is 61.1 Å². The molecule has 4 heterocycles. The number of ether oxygens (including phenoxy) is 3. The molecule has 0 radical (unpaired) electrons. The van der Waals surface area contributed by atoms with Gasteiger partial charge in [-0.25, -0.2) is 4.79 Å². The summed E-state index contributed by atoms with van der Waals surface area (Å²) in [4.78, 5) is 15.4. The lowest BCUT2D eigenvalue weighted by molar-refractivity contribution is -0.943. The number of benzene rings is 1. The Hall–Kier alpha value is -2.67. The van der Waals surface area contributed by atoms with Crippen molar-refractivity contribution in [3.63, 3.8) is 0 Å². The van der Waals surface area contributed by atoms with Gasteiger partial charge in [0, 0.05) is 13.0 Å². The van der Waals surface area contributed by atoms with Crippen molar-refractivity contribution in [2.75, 3.05) is 46.9 Å². The third-order valence-electron chi connectivity index (χ3n) is 8.63. The highest BCUT2D eigenvalue weighted by molar-refractivity contribution is 5.67. The van der Waals surface area contributed by atoms with Crippen LogP contribution in [0.3, 0.4) is 0 Å². The Morgan fingerprint density at radius 2 is 1.79 bits per heavy atom. The van der Waals surface area contributed by atoms with E-state index in [0.717, 1.165) is 55.2 Å². The number of nitrogens with zero attached hydrogens (tertiary/aromatic N) is 2. The lowest BCUT2D eigenvalue weighted by Crippen LogP contribution is -2.59. The third kappa shape index (κ3) is 7.46. The molecule has 0 spiro atoms. The fraction of sp³-hybridized carbons (Fsp3) is 0.645. The highest BCUT2D eigenvalue weighted by atomic mass is 16.6. The van der Waals surface area contributed by atoms with Crippen LogP contribution in [0.15, 0.2) is 34.7 Å². The zero-order valence-electron chi connectivity index (χ0n) is 23.9. The van der Waals surface area contributed by atoms with E-state index in [2.05, 4.69) is 6.92 Å². The van der Waals surface area contributed by atoms with Gasteiger partial charge >= 0.3 is 6.09 Å². The number of methoxy groups -OCH3 is 2. The number of hydrogen-bond donors (Lipinski definition) is 0. The second kappa shape index (κ2) is 13.4. The first-order chi connectivity index (χ1) is 18.4. The van der Waals surface area contributed by atoms with Gasteiger partial charge in [0.15, 0.2) is 11.5 Å². The maximum absolute atomic E-state index is 13.6. The summed E-state index contributed by atoms with van der Waals surface area (Å²) in [7, 11) is 3.27. The highest BCUT2D eigenvalue weighted by Crippen LogP contribution is 2.34. The SMILES string of the molecule is CCCC[C@H](CC[N+]12CCC(CC1)CC2)OC(=O)N(CCc1ccc(OC)c(OC)c1)Cc1ccc(C)o1. The largest absolute Gasteiger partial charge is 0.493 e. The summed E-state index contributed by atoms with van der Waals surface area (Å²) in [6.45, 7) is 10.1. The molecule has 1 aromatic carbocycles. The first-order valence-corrected chi connectivity index (χ1v) is 14.5. The van der Waals surface area contributed by atoms with Crippen LogP contribution in [0.5, 0.6) is 11.5 Å². The normalized spacial score (nSPS) is 21.2. The number of carbonyl (C=O) groups excluding carboxylic acids is 1. The van der Waals surface area contributed by atoms with Crippen molar-refractivity contribution in [2.45, 2.75) is 77.9 Å². The molecular formula is C31H47N2O5+. The van der Waals surface area contributed by atoms with Gasteiger partial charge in [0.2, 0.25) is 0 Å². The smallest absolute Gasteiger partial charge is 0.410 e. The Balaban J connectivity index is 1.42. The second-order valence-electron chi connectivity index (χ2n) is 11.3. The van der Waals surface area contributed by atoms with Crippen LogP contribution < -0.4 is 9.47 Å². The number of piperidine rings is 3. The zero-order valence-corrected chi connectivity index (χ0v) is 23.9. The number of hydrogen-bond acceptors (Lipinski definition) is 5. The Kier molecular flexibility index (Phi) is 10.0. The first kappa shape index (κ1) is 28.3. The van der Waals surface area contributed by atoms with Crippen LogP contribution in [0.2, 0.25) is 0 Å². The van der Waals surface area contributed by atoms with E-state index < -0.39 is 0 Å². The van der Waals surface area contributed by atoms with E-state index in [1.807, 2.05) is 37.3 Å². The van der Waals surface area contributed by atoms with Gasteiger partial charge in [-0.15, -0.1) is 0 Å². The molecule has 3 fully saturated rings. The van der Waals surface area contributed by atoms with Crippen molar-refractivity contribution >= 4 is 6.09 Å². The minimum atomic E-state index is -0.252. The maximum atomic E-state index is 13.6. The van der Waals surface area contributed by atoms with E-state index in [9.17, 15) is 4.79 Å². The number of rotatable bonds is 14. The quantitative estimate of drug-likeness (QED) is 0.267. The summed E-state index contributed by atoms with van der Waals surface area (Å²) in [5.74, 6) is 3.95. The van der Waals surface area contributed by atoms with Crippen LogP contribution in [0.1, 0.15) is 69.0 Å². The van der Waals surface area contributed by atoms with Crippen LogP contribution in [-0.4, -0.2) is 68.5 Å². The van der Waals surface area contributed by atoms with Crippen LogP contribution in [0, 0.1) is 12.8 Å². The molecule has 38 heavy (non-hydrogen) atoms. The van der Waals surface area contributed by atoms with Crippen molar-refractivity contribution in [3.8, 4) is 11.5 Å². The van der Waals surface area contributed by atoms with Crippen molar-refractivity contribution in [2.24, 2.45) is 5.92 Å². The third-order valence-corrected chi connectivity index (χ3v) is 8.63. The molecule has 5 rings (SSSR count). The Labute approximate surface area is 228 Å². The molecular weight excluding hydrogens is 480 g/mol. The summed E-state index contributed by atoms with van der Waals surface area (Å²) in [5.41, 5.74) is 1.07. The monoisotopic (exact) mass is 527 g/mol. The van der Waals surface area contributed by atoms with Crippen molar-refractivity contribution < 1.29 is 27.9 Å². The Morgan fingerprint density at radius 1 is 1.05 bits per heavy atom. The van der Waals surface area contributed by atoms with Gasteiger partial charge in [0.1, 0.15) is 17.6 Å². The fourth-order valence-electron chi connectivity index (χ4n) is 6.10. The van der Waals surface area contributed by atoms with Crippen LogP contribution in [-0.2, 0) is 17.7 Å². The number of fused-ring (bicyclic) bond motifs is 3. The van der Waals surface area contributed by atoms with E-state index in [1.54, 1.807) is 19.1 Å². The first-order valence-electron chi connectivity index (χ1n) is 14.5. The zero-order chi connectivity index (χ0) is 27.0.